The van der Waals surface area contributed by atoms with Gasteiger partial charge in [-0.2, -0.15) is 0 Å². The highest BCUT2D eigenvalue weighted by atomic mass is 16.7. The van der Waals surface area contributed by atoms with E-state index in [1.165, 1.54) is 25.7 Å². The number of ether oxygens (including phenoxy) is 2. The van der Waals surface area contributed by atoms with Crippen molar-refractivity contribution in [3.8, 4) is 0 Å². The van der Waals surface area contributed by atoms with Gasteiger partial charge in [0.15, 0.2) is 5.79 Å². The molecule has 4 heteroatoms. The molecule has 0 aromatic rings. The van der Waals surface area contributed by atoms with Gasteiger partial charge >= 0.3 is 0 Å². The van der Waals surface area contributed by atoms with Crippen LogP contribution in [0.4, 0.5) is 0 Å². The maximum atomic E-state index is 5.92. The van der Waals surface area contributed by atoms with Crippen LogP contribution in [-0.4, -0.2) is 49.6 Å². The van der Waals surface area contributed by atoms with Crippen LogP contribution in [0, 0.1) is 5.92 Å². The van der Waals surface area contributed by atoms with Crippen molar-refractivity contribution in [1.29, 1.82) is 0 Å². The molecular weight excluding hydrogens is 216 g/mol. The Balaban J connectivity index is 1.64. The molecule has 2 heterocycles. The van der Waals surface area contributed by atoms with Crippen molar-refractivity contribution >= 4 is 0 Å². The van der Waals surface area contributed by atoms with E-state index in [2.05, 4.69) is 4.90 Å². The summed E-state index contributed by atoms with van der Waals surface area (Å²) in [5, 5.41) is 0. The summed E-state index contributed by atoms with van der Waals surface area (Å²) in [5.74, 6) is 0.414. The Bertz CT molecular complexity index is 266. The summed E-state index contributed by atoms with van der Waals surface area (Å²) >= 11 is 0. The summed E-state index contributed by atoms with van der Waals surface area (Å²) in [5.41, 5.74) is 5.92. The highest BCUT2D eigenvalue weighted by molar-refractivity contribution is 4.93. The first-order chi connectivity index (χ1) is 8.33. The van der Waals surface area contributed by atoms with Crippen LogP contribution >= 0.6 is 0 Å². The average molecular weight is 240 g/mol. The fourth-order valence-electron chi connectivity index (χ4n) is 3.74. The van der Waals surface area contributed by atoms with Gasteiger partial charge in [-0.3, -0.25) is 4.90 Å². The zero-order chi connectivity index (χ0) is 11.7. The summed E-state index contributed by atoms with van der Waals surface area (Å²) in [4.78, 5) is 2.57. The zero-order valence-electron chi connectivity index (χ0n) is 10.6. The lowest BCUT2D eigenvalue weighted by Gasteiger charge is -2.38. The van der Waals surface area contributed by atoms with E-state index in [1.807, 2.05) is 0 Å². The van der Waals surface area contributed by atoms with Gasteiger partial charge in [0.25, 0.3) is 0 Å². The Morgan fingerprint density at radius 2 is 1.94 bits per heavy atom. The Morgan fingerprint density at radius 1 is 1.18 bits per heavy atom. The second-order valence-electron chi connectivity index (χ2n) is 5.68. The van der Waals surface area contributed by atoms with Gasteiger partial charge in [0.05, 0.1) is 19.8 Å². The van der Waals surface area contributed by atoms with Crippen molar-refractivity contribution in [2.75, 3.05) is 32.8 Å². The number of nitrogens with two attached hydrogens (primary N) is 1. The van der Waals surface area contributed by atoms with Crippen molar-refractivity contribution in [2.24, 2.45) is 11.7 Å². The number of hydrogen-bond acceptors (Lipinski definition) is 4. The zero-order valence-corrected chi connectivity index (χ0v) is 10.6. The molecule has 0 radical (unpaired) electrons. The van der Waals surface area contributed by atoms with Gasteiger partial charge in [0, 0.05) is 19.0 Å². The number of nitrogens with zero attached hydrogens (tertiary/aromatic N) is 1. The number of rotatable bonds is 2. The molecule has 3 aliphatic rings. The van der Waals surface area contributed by atoms with E-state index in [0.717, 1.165) is 39.3 Å². The first kappa shape index (κ1) is 11.9. The molecule has 0 aromatic carbocycles. The van der Waals surface area contributed by atoms with Gasteiger partial charge in [0.2, 0.25) is 0 Å². The van der Waals surface area contributed by atoms with Gasteiger partial charge < -0.3 is 15.2 Å². The molecule has 17 heavy (non-hydrogen) atoms. The van der Waals surface area contributed by atoms with E-state index in [0.29, 0.717) is 12.0 Å². The third-order valence-corrected chi connectivity index (χ3v) is 4.68. The van der Waals surface area contributed by atoms with Crippen LogP contribution in [0.25, 0.3) is 0 Å². The van der Waals surface area contributed by atoms with Crippen LogP contribution in [0.3, 0.4) is 0 Å². The molecule has 3 fully saturated rings. The Hall–Kier alpha value is -0.160. The normalized spacial score (nSPS) is 37.9. The van der Waals surface area contributed by atoms with Crippen molar-refractivity contribution < 1.29 is 9.47 Å². The van der Waals surface area contributed by atoms with Gasteiger partial charge in [-0.1, -0.05) is 12.8 Å². The summed E-state index contributed by atoms with van der Waals surface area (Å²) in [6.45, 7) is 4.42. The molecule has 1 aliphatic carbocycles. The van der Waals surface area contributed by atoms with Crippen LogP contribution in [0.15, 0.2) is 0 Å². The van der Waals surface area contributed by atoms with E-state index in [1.54, 1.807) is 0 Å². The highest BCUT2D eigenvalue weighted by Gasteiger charge is 2.46. The van der Waals surface area contributed by atoms with E-state index in [9.17, 15) is 0 Å². The van der Waals surface area contributed by atoms with E-state index < -0.39 is 0 Å². The average Bonchev–Trinajstić information content (AvgIpc) is 3.00. The van der Waals surface area contributed by atoms with Crippen LogP contribution < -0.4 is 5.73 Å². The monoisotopic (exact) mass is 240 g/mol. The first-order valence-electron chi connectivity index (χ1n) is 7.05. The van der Waals surface area contributed by atoms with Crippen molar-refractivity contribution in [2.45, 2.75) is 43.9 Å². The summed E-state index contributed by atoms with van der Waals surface area (Å²) in [6.07, 6.45) is 6.34. The molecule has 4 nitrogen and oxygen atoms in total. The topological polar surface area (TPSA) is 47.7 Å². The predicted molar refractivity (Wildman–Crippen MR) is 65.6 cm³/mol. The van der Waals surface area contributed by atoms with Gasteiger partial charge in [-0.05, 0) is 25.3 Å². The standard InChI is InChI=1S/C13H24N2O2/c14-9-11-3-1-2-4-12(11)15-6-5-13(10-15)16-7-8-17-13/h11-12H,1-10,14H2. The molecule has 0 bridgehead atoms. The molecule has 2 saturated heterocycles. The predicted octanol–water partition coefficient (Wildman–Crippen LogP) is 0.953. The molecule has 98 valence electrons. The van der Waals surface area contributed by atoms with Gasteiger partial charge in [-0.25, -0.2) is 0 Å². The SMILES string of the molecule is NCC1CCCCC1N1CCC2(C1)OCCO2. The lowest BCUT2D eigenvalue weighted by molar-refractivity contribution is -0.147. The highest BCUT2D eigenvalue weighted by Crippen LogP contribution is 2.36. The van der Waals surface area contributed by atoms with Crippen LogP contribution in [0.1, 0.15) is 32.1 Å². The quantitative estimate of drug-likeness (QED) is 0.781. The lowest BCUT2D eigenvalue weighted by atomic mass is 9.83. The van der Waals surface area contributed by atoms with Gasteiger partial charge in [-0.15, -0.1) is 0 Å². The summed E-state index contributed by atoms with van der Waals surface area (Å²) in [7, 11) is 0. The maximum Gasteiger partial charge on any atom is 0.182 e. The van der Waals surface area contributed by atoms with Gasteiger partial charge in [0.1, 0.15) is 0 Å². The van der Waals surface area contributed by atoms with Crippen molar-refractivity contribution in [3.05, 3.63) is 0 Å². The third kappa shape index (κ3) is 2.24. The third-order valence-electron chi connectivity index (χ3n) is 4.68. The fourth-order valence-corrected chi connectivity index (χ4v) is 3.74. The minimum atomic E-state index is -0.267. The molecule has 1 spiro atoms. The van der Waals surface area contributed by atoms with Crippen LogP contribution in [0.5, 0.6) is 0 Å². The smallest absolute Gasteiger partial charge is 0.182 e. The molecule has 1 saturated carbocycles. The largest absolute Gasteiger partial charge is 0.346 e. The molecule has 0 amide bonds. The second kappa shape index (κ2) is 4.84. The Morgan fingerprint density at radius 3 is 2.71 bits per heavy atom. The molecule has 2 unspecified atom stereocenters. The minimum Gasteiger partial charge on any atom is -0.346 e. The maximum absolute atomic E-state index is 5.92. The number of hydrogen-bond donors (Lipinski definition) is 1. The fraction of sp³-hybridized carbons (Fsp3) is 1.00. The summed E-state index contributed by atoms with van der Waals surface area (Å²) in [6, 6.07) is 0.668. The van der Waals surface area contributed by atoms with Crippen LogP contribution in [-0.2, 0) is 9.47 Å². The molecule has 2 aliphatic heterocycles. The Kier molecular flexibility index (Phi) is 3.39. The molecule has 3 rings (SSSR count). The first-order valence-corrected chi connectivity index (χ1v) is 7.05. The molecule has 2 N–H and O–H groups in total. The van der Waals surface area contributed by atoms with Crippen molar-refractivity contribution in [1.82, 2.24) is 4.90 Å². The van der Waals surface area contributed by atoms with Crippen molar-refractivity contribution in [3.63, 3.8) is 0 Å². The lowest BCUT2D eigenvalue weighted by Crippen LogP contribution is -2.46. The van der Waals surface area contributed by atoms with E-state index in [-0.39, 0.29) is 5.79 Å². The molecule has 2 atom stereocenters. The van der Waals surface area contributed by atoms with E-state index >= 15 is 0 Å². The second-order valence-corrected chi connectivity index (χ2v) is 5.68. The van der Waals surface area contributed by atoms with E-state index in [4.69, 9.17) is 15.2 Å². The number of likely N-dealkylation sites (tertiary alicyclic amines) is 1. The van der Waals surface area contributed by atoms with Crippen LogP contribution in [0.2, 0.25) is 0 Å². The Labute approximate surface area is 103 Å². The molecule has 0 aromatic heterocycles. The molecular formula is C13H24N2O2. The summed E-state index contributed by atoms with van der Waals surface area (Å²) < 4.78 is 11.6. The minimum absolute atomic E-state index is 0.267.